The van der Waals surface area contributed by atoms with E-state index in [4.69, 9.17) is 24.1 Å². The summed E-state index contributed by atoms with van der Waals surface area (Å²) in [4.78, 5) is 40.0. The van der Waals surface area contributed by atoms with Crippen LogP contribution in [0.15, 0.2) is 42.5 Å². The Bertz CT molecular complexity index is 1630. The molecule has 53 heavy (non-hydrogen) atoms. The molecule has 2 aliphatic rings. The van der Waals surface area contributed by atoms with Crippen LogP contribution in [0.25, 0.3) is 0 Å². The number of nitrogens with one attached hydrogen (secondary N) is 2. The zero-order valence-corrected chi connectivity index (χ0v) is 31.6. The molecule has 0 spiro atoms. The van der Waals surface area contributed by atoms with Crippen molar-refractivity contribution in [1.29, 1.82) is 0 Å². The van der Waals surface area contributed by atoms with Gasteiger partial charge >= 0.3 is 12.1 Å². The number of piperidine rings is 1. The van der Waals surface area contributed by atoms with Crippen LogP contribution in [0.4, 0.5) is 18.9 Å². The second kappa shape index (κ2) is 19.8. The van der Waals surface area contributed by atoms with E-state index in [9.17, 15) is 31.2 Å². The minimum atomic E-state index is -5.08. The normalized spacial score (nSPS) is 17.3. The van der Waals surface area contributed by atoms with Crippen molar-refractivity contribution in [3.8, 4) is 11.5 Å². The molecule has 2 atom stereocenters. The molecule has 0 bridgehead atoms. The molecule has 0 aromatic heterocycles. The summed E-state index contributed by atoms with van der Waals surface area (Å²) < 4.78 is 73.9. The number of methoxy groups -OCH3 is 2. The molecule has 0 unspecified atom stereocenters. The van der Waals surface area contributed by atoms with Crippen LogP contribution in [0.5, 0.6) is 11.5 Å². The van der Waals surface area contributed by atoms with Gasteiger partial charge in [-0.3, -0.25) is 14.3 Å². The summed E-state index contributed by atoms with van der Waals surface area (Å²) in [5, 5.41) is 10.8. The summed E-state index contributed by atoms with van der Waals surface area (Å²) in [7, 11) is -0.154. The van der Waals surface area contributed by atoms with Gasteiger partial charge in [0, 0.05) is 68.6 Å². The molecule has 1 saturated heterocycles. The second-order valence-electron chi connectivity index (χ2n) is 13.4. The van der Waals surface area contributed by atoms with E-state index in [0.717, 1.165) is 50.3 Å². The van der Waals surface area contributed by atoms with Gasteiger partial charge in [-0.1, -0.05) is 12.1 Å². The van der Waals surface area contributed by atoms with E-state index in [-0.39, 0.29) is 42.4 Å². The lowest BCUT2D eigenvalue weighted by Gasteiger charge is -2.40. The van der Waals surface area contributed by atoms with Crippen LogP contribution in [0.2, 0.25) is 0 Å². The molecule has 2 amide bonds. The first-order valence-electron chi connectivity index (χ1n) is 17.5. The van der Waals surface area contributed by atoms with Crippen LogP contribution in [-0.2, 0) is 30.8 Å². The molecule has 2 aromatic rings. The van der Waals surface area contributed by atoms with Gasteiger partial charge in [0.2, 0.25) is 15.9 Å². The van der Waals surface area contributed by atoms with Crippen LogP contribution in [0, 0.1) is 0 Å². The standard InChI is InChI=1S/C34H50N4O7S.C2HF3O2/c1-24(2)38(34(40)26-10-15-31(44-4)32(22-26)45-19-7-18-43-3)30-12-11-27(35-23-30)16-17-37(29-13-14-29)33(39)21-25-8-6-9-28(20-25)36-46(5,41)42;3-2(4,5)1(6)7/h6,8-10,15,20,22,24,27,29-30,35-36H,7,11-14,16-19,21,23H2,1-5H3;(H,6,7)/t27-,30-;/m1./s1. The van der Waals surface area contributed by atoms with E-state index in [1.54, 1.807) is 50.6 Å². The van der Waals surface area contributed by atoms with Gasteiger partial charge in [0.05, 0.1) is 26.4 Å². The SMILES string of the molecule is COCCCOc1cc(C(=O)N(C(C)C)[C@@H]2CC[C@H](CCN(C(=O)Cc3cccc(NS(C)(=O)=O)c3)C3CC3)NC2)ccc1OC.O=C(O)C(F)(F)F. The van der Waals surface area contributed by atoms with Crippen LogP contribution in [0.1, 0.15) is 68.3 Å². The molecule has 17 heteroatoms. The molecule has 1 aliphatic carbocycles. The van der Waals surface area contributed by atoms with E-state index in [1.165, 1.54) is 0 Å². The number of carboxylic acids is 1. The smallest absolute Gasteiger partial charge is 0.490 e. The van der Waals surface area contributed by atoms with E-state index < -0.39 is 22.2 Å². The maximum atomic E-state index is 13.8. The number of ether oxygens (including phenoxy) is 3. The zero-order chi connectivity index (χ0) is 39.3. The van der Waals surface area contributed by atoms with Crippen molar-refractivity contribution in [1.82, 2.24) is 15.1 Å². The van der Waals surface area contributed by atoms with Crippen LogP contribution in [0.3, 0.4) is 0 Å². The van der Waals surface area contributed by atoms with E-state index in [0.29, 0.717) is 49.1 Å². The number of nitrogens with zero attached hydrogens (tertiary/aromatic N) is 2. The molecule has 0 radical (unpaired) electrons. The Hall–Kier alpha value is -4.09. The predicted molar refractivity (Wildman–Crippen MR) is 193 cm³/mol. The monoisotopic (exact) mass is 772 g/mol. The Kier molecular flexibility index (Phi) is 16.2. The Balaban J connectivity index is 0.000000980. The molecule has 13 nitrogen and oxygen atoms in total. The molecule has 1 heterocycles. The molecular weight excluding hydrogens is 721 g/mol. The van der Waals surface area contributed by atoms with Gasteiger partial charge in [-0.2, -0.15) is 13.2 Å². The van der Waals surface area contributed by atoms with Crippen molar-refractivity contribution in [3.63, 3.8) is 0 Å². The fourth-order valence-electron chi connectivity index (χ4n) is 6.09. The number of carbonyl (C=O) groups excluding carboxylic acids is 2. The second-order valence-corrected chi connectivity index (χ2v) is 15.1. The Morgan fingerprint density at radius 2 is 1.68 bits per heavy atom. The first kappa shape index (κ1) is 43.3. The van der Waals surface area contributed by atoms with Crippen molar-refractivity contribution < 1.29 is 55.3 Å². The average molecular weight is 773 g/mol. The number of rotatable bonds is 17. The third kappa shape index (κ3) is 14.3. The maximum absolute atomic E-state index is 13.8. The number of anilines is 1. The van der Waals surface area contributed by atoms with Gasteiger partial charge in [-0.25, -0.2) is 13.2 Å². The van der Waals surface area contributed by atoms with E-state index >= 15 is 0 Å². The number of aliphatic carboxylic acids is 1. The maximum Gasteiger partial charge on any atom is 0.490 e. The first-order valence-corrected chi connectivity index (χ1v) is 19.3. The largest absolute Gasteiger partial charge is 0.493 e. The summed E-state index contributed by atoms with van der Waals surface area (Å²) >= 11 is 0. The third-order valence-electron chi connectivity index (χ3n) is 8.69. The highest BCUT2D eigenvalue weighted by atomic mass is 32.2. The van der Waals surface area contributed by atoms with Gasteiger partial charge in [-0.05, 0) is 81.8 Å². The number of benzene rings is 2. The van der Waals surface area contributed by atoms with E-state index in [1.807, 2.05) is 29.7 Å². The van der Waals surface area contributed by atoms with Gasteiger partial charge < -0.3 is 34.4 Å². The first-order chi connectivity index (χ1) is 24.9. The number of sulfonamides is 1. The average Bonchev–Trinajstić information content (AvgIpc) is 3.92. The van der Waals surface area contributed by atoms with Crippen LogP contribution >= 0.6 is 0 Å². The van der Waals surface area contributed by atoms with Gasteiger partial charge in [0.15, 0.2) is 11.5 Å². The number of halogens is 3. The zero-order valence-electron chi connectivity index (χ0n) is 30.8. The molecule has 4 rings (SSSR count). The minimum Gasteiger partial charge on any atom is -0.493 e. The number of hydrogen-bond donors (Lipinski definition) is 3. The Labute approximate surface area is 309 Å². The lowest BCUT2D eigenvalue weighted by atomic mass is 9.95. The van der Waals surface area contributed by atoms with Gasteiger partial charge in [-0.15, -0.1) is 0 Å². The lowest BCUT2D eigenvalue weighted by Crippen LogP contribution is -2.54. The minimum absolute atomic E-state index is 0.0122. The highest BCUT2D eigenvalue weighted by Gasteiger charge is 2.38. The molecule has 2 fully saturated rings. The van der Waals surface area contributed by atoms with Crippen molar-refractivity contribution in [2.24, 2.45) is 0 Å². The predicted octanol–water partition coefficient (Wildman–Crippen LogP) is 4.71. The molecular formula is C36H51F3N4O9S. The number of carbonyl (C=O) groups is 3. The topological polar surface area (TPSA) is 164 Å². The number of alkyl halides is 3. The highest BCUT2D eigenvalue weighted by molar-refractivity contribution is 7.92. The number of amides is 2. The Morgan fingerprint density at radius 1 is 1.00 bits per heavy atom. The van der Waals surface area contributed by atoms with E-state index in [2.05, 4.69) is 10.0 Å². The van der Waals surface area contributed by atoms with Crippen LogP contribution < -0.4 is 19.5 Å². The summed E-state index contributed by atoms with van der Waals surface area (Å²) in [5.41, 5.74) is 1.80. The molecule has 1 saturated carbocycles. The summed E-state index contributed by atoms with van der Waals surface area (Å²) in [6.45, 7) is 6.49. The van der Waals surface area contributed by atoms with Gasteiger partial charge in [0.25, 0.3) is 5.91 Å². The third-order valence-corrected chi connectivity index (χ3v) is 9.30. The fraction of sp³-hybridized carbons (Fsp3) is 0.583. The quantitative estimate of drug-likeness (QED) is 0.192. The van der Waals surface area contributed by atoms with Crippen molar-refractivity contribution in [2.45, 2.75) is 89.1 Å². The van der Waals surface area contributed by atoms with Gasteiger partial charge in [0.1, 0.15) is 0 Å². The Morgan fingerprint density at radius 3 is 2.23 bits per heavy atom. The summed E-state index contributed by atoms with van der Waals surface area (Å²) in [6, 6.07) is 12.9. The summed E-state index contributed by atoms with van der Waals surface area (Å²) in [6.07, 6.45) is 1.62. The van der Waals surface area contributed by atoms with Crippen LogP contribution in [-0.4, -0.2) is 118 Å². The summed E-state index contributed by atoms with van der Waals surface area (Å²) in [5.74, 6) is -1.60. The molecule has 3 N–H and O–H groups in total. The molecule has 2 aromatic carbocycles. The number of carboxylic acid groups (broad SMARTS) is 1. The highest BCUT2D eigenvalue weighted by Crippen LogP contribution is 2.31. The van der Waals surface area contributed by atoms with Crippen molar-refractivity contribution in [3.05, 3.63) is 53.6 Å². The molecule has 1 aliphatic heterocycles. The molecule has 296 valence electrons. The fourth-order valence-corrected chi connectivity index (χ4v) is 6.65. The number of hydrogen-bond acceptors (Lipinski definition) is 9. The lowest BCUT2D eigenvalue weighted by molar-refractivity contribution is -0.192. The van der Waals surface area contributed by atoms with Crippen molar-refractivity contribution >= 4 is 33.5 Å². The van der Waals surface area contributed by atoms with Crippen molar-refractivity contribution in [2.75, 3.05) is 51.5 Å².